The van der Waals surface area contributed by atoms with Gasteiger partial charge in [-0.15, -0.1) is 0 Å². The van der Waals surface area contributed by atoms with Crippen molar-refractivity contribution in [1.29, 1.82) is 0 Å². The van der Waals surface area contributed by atoms with Gasteiger partial charge in [0, 0.05) is 6.42 Å². The van der Waals surface area contributed by atoms with Crippen LogP contribution in [0.5, 0.6) is 0 Å². The molecule has 0 aromatic rings. The lowest BCUT2D eigenvalue weighted by Gasteiger charge is -2.25. The highest BCUT2D eigenvalue weighted by atomic mass is 32.3. The second kappa shape index (κ2) is 4.83. The molecule has 2 N–H and O–H groups in total. The molecule has 1 heterocycles. The minimum atomic E-state index is -3.23. The average Bonchev–Trinajstić information content (AvgIpc) is 2.43. The first-order chi connectivity index (χ1) is 6.56. The van der Waals surface area contributed by atoms with Crippen LogP contribution in [-0.4, -0.2) is 33.9 Å². The molecule has 1 atom stereocenters. The summed E-state index contributed by atoms with van der Waals surface area (Å²) in [4.78, 5) is 10.9. The van der Waals surface area contributed by atoms with Gasteiger partial charge in [0.15, 0.2) is 0 Å². The van der Waals surface area contributed by atoms with E-state index in [4.69, 9.17) is 0 Å². The van der Waals surface area contributed by atoms with Crippen LogP contribution in [0.1, 0.15) is 19.8 Å². The highest BCUT2D eigenvalue weighted by Crippen LogP contribution is 2.52. The van der Waals surface area contributed by atoms with E-state index < -0.39 is 22.5 Å². The molecule has 0 radical (unpaired) electrons. The fourth-order valence-corrected chi connectivity index (χ4v) is 2.05. The highest BCUT2D eigenvalue weighted by Gasteiger charge is 2.40. The van der Waals surface area contributed by atoms with Gasteiger partial charge < -0.3 is 18.6 Å². The average molecular weight is 226 g/mol. The van der Waals surface area contributed by atoms with Crippen molar-refractivity contribution >= 4 is 17.0 Å². The highest BCUT2D eigenvalue weighted by molar-refractivity contribution is 8.20. The van der Waals surface area contributed by atoms with Crippen molar-refractivity contribution in [2.45, 2.75) is 25.2 Å². The third-order valence-corrected chi connectivity index (χ3v) is 3.13. The standard InChI is InChI=1S/C7H14O6S/c1-2-4-11-7(8)13-6-3-5-12-14(6,9)10/h6,9-10H,2-5H2,1H3. The Bertz CT molecular complexity index is 206. The van der Waals surface area contributed by atoms with Crippen LogP contribution in [0.4, 0.5) is 4.79 Å². The fraction of sp³-hybridized carbons (Fsp3) is 0.857. The van der Waals surface area contributed by atoms with Gasteiger partial charge in [-0.1, -0.05) is 6.92 Å². The summed E-state index contributed by atoms with van der Waals surface area (Å²) in [6.07, 6.45) is 0.0816. The van der Waals surface area contributed by atoms with Gasteiger partial charge in [0.1, 0.15) is 10.9 Å². The monoisotopic (exact) mass is 226 g/mol. The molecular formula is C7H14O6S. The molecule has 0 aromatic heterocycles. The SMILES string of the molecule is CCCOC(=O)OC1CCOS1(O)O. The van der Waals surface area contributed by atoms with E-state index in [2.05, 4.69) is 13.7 Å². The van der Waals surface area contributed by atoms with E-state index in [1.807, 2.05) is 6.92 Å². The molecule has 0 amide bonds. The van der Waals surface area contributed by atoms with Crippen LogP contribution in [0.15, 0.2) is 0 Å². The Labute approximate surface area is 83.7 Å². The van der Waals surface area contributed by atoms with E-state index in [1.165, 1.54) is 0 Å². The first kappa shape index (κ1) is 11.6. The maximum Gasteiger partial charge on any atom is 0.509 e. The number of carbonyl (C=O) groups is 1. The number of rotatable bonds is 3. The van der Waals surface area contributed by atoms with Crippen LogP contribution in [0.3, 0.4) is 0 Å². The summed E-state index contributed by atoms with van der Waals surface area (Å²) in [6, 6.07) is 0. The summed E-state index contributed by atoms with van der Waals surface area (Å²) in [5.74, 6) is 0. The maximum absolute atomic E-state index is 10.9. The summed E-state index contributed by atoms with van der Waals surface area (Å²) >= 11 is 0. The smallest absolute Gasteiger partial charge is 0.434 e. The minimum absolute atomic E-state index is 0.175. The van der Waals surface area contributed by atoms with Crippen molar-refractivity contribution in [2.24, 2.45) is 0 Å². The molecule has 1 fully saturated rings. The van der Waals surface area contributed by atoms with Crippen LogP contribution < -0.4 is 0 Å². The molecule has 0 aliphatic carbocycles. The summed E-state index contributed by atoms with van der Waals surface area (Å²) in [5.41, 5.74) is -0.994. The molecule has 14 heavy (non-hydrogen) atoms. The van der Waals surface area contributed by atoms with Gasteiger partial charge in [-0.3, -0.25) is 4.18 Å². The Morgan fingerprint density at radius 2 is 2.36 bits per heavy atom. The number of hydrogen-bond donors (Lipinski definition) is 2. The lowest BCUT2D eigenvalue weighted by Crippen LogP contribution is -2.21. The van der Waals surface area contributed by atoms with Crippen molar-refractivity contribution in [1.82, 2.24) is 0 Å². The Hall–Kier alpha value is -0.500. The topological polar surface area (TPSA) is 85.2 Å². The quantitative estimate of drug-likeness (QED) is 0.715. The van der Waals surface area contributed by atoms with Gasteiger partial charge in [0.05, 0.1) is 13.2 Å². The van der Waals surface area contributed by atoms with E-state index in [0.717, 1.165) is 0 Å². The van der Waals surface area contributed by atoms with Crippen molar-refractivity contribution in [3.63, 3.8) is 0 Å². The molecular weight excluding hydrogens is 212 g/mol. The number of ether oxygens (including phenoxy) is 2. The van der Waals surface area contributed by atoms with Crippen LogP contribution in [0, 0.1) is 0 Å². The second-order valence-electron chi connectivity index (χ2n) is 2.79. The lowest BCUT2D eigenvalue weighted by molar-refractivity contribution is 0.0435. The Balaban J connectivity index is 2.33. The first-order valence-electron chi connectivity index (χ1n) is 4.31. The van der Waals surface area contributed by atoms with Gasteiger partial charge in [0.25, 0.3) is 0 Å². The van der Waals surface area contributed by atoms with Crippen LogP contribution >= 0.6 is 10.9 Å². The molecule has 0 aromatic carbocycles. The third-order valence-electron chi connectivity index (χ3n) is 1.60. The molecule has 0 saturated carbocycles. The predicted molar refractivity (Wildman–Crippen MR) is 49.9 cm³/mol. The largest absolute Gasteiger partial charge is 0.509 e. The molecule has 0 spiro atoms. The summed E-state index contributed by atoms with van der Waals surface area (Å²) < 4.78 is 32.3. The summed E-state index contributed by atoms with van der Waals surface area (Å²) in [5, 5.41) is 0. The van der Waals surface area contributed by atoms with Gasteiger partial charge in [-0.25, -0.2) is 4.79 Å². The molecule has 1 aliphatic rings. The zero-order valence-electron chi connectivity index (χ0n) is 7.84. The summed E-state index contributed by atoms with van der Waals surface area (Å²) in [7, 11) is -3.23. The maximum atomic E-state index is 10.9. The molecule has 84 valence electrons. The Morgan fingerprint density at radius 1 is 1.64 bits per heavy atom. The van der Waals surface area contributed by atoms with Crippen LogP contribution in [0.25, 0.3) is 0 Å². The zero-order chi connectivity index (χ0) is 10.6. The molecule has 1 saturated heterocycles. The minimum Gasteiger partial charge on any atom is -0.434 e. The van der Waals surface area contributed by atoms with Gasteiger partial charge in [-0.05, 0) is 6.42 Å². The molecule has 1 rings (SSSR count). The van der Waals surface area contributed by atoms with Gasteiger partial charge >= 0.3 is 6.16 Å². The zero-order valence-corrected chi connectivity index (χ0v) is 8.66. The molecule has 1 aliphatic heterocycles. The fourth-order valence-electron chi connectivity index (χ4n) is 0.945. The van der Waals surface area contributed by atoms with E-state index in [-0.39, 0.29) is 19.6 Å². The normalized spacial score (nSPS) is 26.9. The van der Waals surface area contributed by atoms with E-state index in [1.54, 1.807) is 0 Å². The predicted octanol–water partition coefficient (Wildman–Crippen LogP) is 1.96. The number of carbonyl (C=O) groups excluding carboxylic acids is 1. The van der Waals surface area contributed by atoms with E-state index in [0.29, 0.717) is 6.42 Å². The molecule has 0 bridgehead atoms. The van der Waals surface area contributed by atoms with Crippen molar-refractivity contribution in [3.8, 4) is 0 Å². The van der Waals surface area contributed by atoms with Crippen LogP contribution in [0.2, 0.25) is 0 Å². The van der Waals surface area contributed by atoms with Crippen molar-refractivity contribution in [3.05, 3.63) is 0 Å². The third kappa shape index (κ3) is 3.02. The molecule has 6 nitrogen and oxygen atoms in total. The van der Waals surface area contributed by atoms with E-state index in [9.17, 15) is 13.9 Å². The molecule has 7 heteroatoms. The first-order valence-corrected chi connectivity index (χ1v) is 5.84. The van der Waals surface area contributed by atoms with E-state index >= 15 is 0 Å². The molecule has 1 unspecified atom stereocenters. The Kier molecular flexibility index (Phi) is 3.99. The van der Waals surface area contributed by atoms with Crippen molar-refractivity contribution in [2.75, 3.05) is 13.2 Å². The van der Waals surface area contributed by atoms with Gasteiger partial charge in [0.2, 0.25) is 5.44 Å². The Morgan fingerprint density at radius 3 is 2.86 bits per heavy atom. The van der Waals surface area contributed by atoms with Crippen molar-refractivity contribution < 1.29 is 27.6 Å². The second-order valence-corrected chi connectivity index (χ2v) is 4.63. The van der Waals surface area contributed by atoms with Crippen LogP contribution in [-0.2, 0) is 13.7 Å². The summed E-state index contributed by atoms with van der Waals surface area (Å²) in [6.45, 7) is 2.28. The lowest BCUT2D eigenvalue weighted by atomic mass is 10.5. The van der Waals surface area contributed by atoms with Gasteiger partial charge in [-0.2, -0.15) is 0 Å². The number of hydrogen-bond acceptors (Lipinski definition) is 6.